The maximum Gasteiger partial charge on any atom is 0.239 e. The molecular formula is C13H19N5O. The van der Waals surface area contributed by atoms with E-state index in [-0.39, 0.29) is 12.5 Å². The average molecular weight is 261 g/mol. The summed E-state index contributed by atoms with van der Waals surface area (Å²) in [5.41, 5.74) is 2.22. The van der Waals surface area contributed by atoms with E-state index >= 15 is 0 Å². The van der Waals surface area contributed by atoms with Crippen molar-refractivity contribution in [3.8, 4) is 6.07 Å². The number of nitrogens with one attached hydrogen (secondary N) is 2. The van der Waals surface area contributed by atoms with Crippen LogP contribution in [-0.2, 0) is 17.6 Å². The zero-order valence-electron chi connectivity index (χ0n) is 11.6. The van der Waals surface area contributed by atoms with Crippen LogP contribution in [0.5, 0.6) is 0 Å². The van der Waals surface area contributed by atoms with Gasteiger partial charge < -0.3 is 10.6 Å². The van der Waals surface area contributed by atoms with Gasteiger partial charge in [-0.3, -0.25) is 4.79 Å². The van der Waals surface area contributed by atoms with E-state index in [1.165, 1.54) is 0 Å². The van der Waals surface area contributed by atoms with Crippen LogP contribution in [0.1, 0.15) is 37.6 Å². The number of carbonyl (C=O) groups excluding carboxylic acids is 1. The quantitative estimate of drug-likeness (QED) is 0.798. The number of nitriles is 1. The number of hydrogen-bond donors (Lipinski definition) is 2. The fourth-order valence-electron chi connectivity index (χ4n) is 1.84. The molecule has 19 heavy (non-hydrogen) atoms. The third-order valence-electron chi connectivity index (χ3n) is 2.75. The van der Waals surface area contributed by atoms with Gasteiger partial charge in [-0.1, -0.05) is 13.8 Å². The normalized spacial score (nSPS) is 9.79. The van der Waals surface area contributed by atoms with Crippen LogP contribution >= 0.6 is 0 Å². The predicted octanol–water partition coefficient (Wildman–Crippen LogP) is 1.02. The average Bonchev–Trinajstić information content (AvgIpc) is 2.43. The van der Waals surface area contributed by atoms with Crippen molar-refractivity contribution in [1.82, 2.24) is 15.5 Å². The van der Waals surface area contributed by atoms with E-state index in [0.717, 1.165) is 24.1 Å². The lowest BCUT2D eigenvalue weighted by molar-refractivity contribution is -0.119. The van der Waals surface area contributed by atoms with E-state index in [1.54, 1.807) is 0 Å². The molecule has 0 saturated carbocycles. The zero-order chi connectivity index (χ0) is 14.3. The van der Waals surface area contributed by atoms with Crippen LogP contribution in [0.2, 0.25) is 0 Å². The Hall–Kier alpha value is -2.16. The molecule has 0 aliphatic rings. The monoisotopic (exact) mass is 261 g/mol. The van der Waals surface area contributed by atoms with Gasteiger partial charge >= 0.3 is 0 Å². The minimum atomic E-state index is -0.134. The van der Waals surface area contributed by atoms with Crippen LogP contribution in [0, 0.1) is 11.3 Å². The Labute approximate surface area is 113 Å². The molecule has 0 aliphatic heterocycles. The summed E-state index contributed by atoms with van der Waals surface area (Å²) < 4.78 is 0. The number of carbonyl (C=O) groups is 1. The van der Waals surface area contributed by atoms with Crippen LogP contribution in [-0.4, -0.2) is 29.2 Å². The summed E-state index contributed by atoms with van der Waals surface area (Å²) in [5.74, 6) is 0.244. The summed E-state index contributed by atoms with van der Waals surface area (Å²) >= 11 is 0. The number of anilines is 1. The minimum Gasteiger partial charge on any atom is -0.358 e. The Morgan fingerprint density at radius 1 is 1.26 bits per heavy atom. The van der Waals surface area contributed by atoms with Crippen molar-refractivity contribution in [3.05, 3.63) is 16.8 Å². The third-order valence-corrected chi connectivity index (χ3v) is 2.75. The molecule has 0 aliphatic carbocycles. The fourth-order valence-corrected chi connectivity index (χ4v) is 1.84. The Morgan fingerprint density at radius 3 is 2.53 bits per heavy atom. The lowest BCUT2D eigenvalue weighted by Gasteiger charge is -2.11. The molecule has 102 valence electrons. The summed E-state index contributed by atoms with van der Waals surface area (Å²) in [6, 6.07) is 2.15. The zero-order valence-corrected chi connectivity index (χ0v) is 11.6. The predicted molar refractivity (Wildman–Crippen MR) is 72.7 cm³/mol. The van der Waals surface area contributed by atoms with Gasteiger partial charge in [-0.2, -0.15) is 10.4 Å². The molecule has 1 rings (SSSR count). The standard InChI is InChI=1S/C13H19N5O/c1-4-9-10(7-14)13(18-17-11(9)5-2)16-8-12(19)15-6-3/h4-6,8H2,1-3H3,(H,15,19)(H,16,18). The summed E-state index contributed by atoms with van der Waals surface area (Å²) in [5, 5.41) is 22.9. The van der Waals surface area contributed by atoms with Crippen molar-refractivity contribution in [2.45, 2.75) is 33.6 Å². The van der Waals surface area contributed by atoms with Gasteiger partial charge in [0.25, 0.3) is 0 Å². The van der Waals surface area contributed by atoms with Gasteiger partial charge in [0.05, 0.1) is 12.2 Å². The molecule has 0 radical (unpaired) electrons. The van der Waals surface area contributed by atoms with Gasteiger partial charge in [-0.05, 0) is 25.3 Å². The topological polar surface area (TPSA) is 90.7 Å². The van der Waals surface area contributed by atoms with Crippen molar-refractivity contribution in [1.29, 1.82) is 5.26 Å². The van der Waals surface area contributed by atoms with E-state index in [2.05, 4.69) is 26.9 Å². The minimum absolute atomic E-state index is 0.0891. The number of likely N-dealkylation sites (N-methyl/N-ethyl adjacent to an activating group) is 1. The summed E-state index contributed by atoms with van der Waals surface area (Å²) in [7, 11) is 0. The van der Waals surface area contributed by atoms with E-state index in [1.807, 2.05) is 20.8 Å². The highest BCUT2D eigenvalue weighted by atomic mass is 16.1. The second-order valence-corrected chi connectivity index (χ2v) is 3.97. The molecule has 0 bridgehead atoms. The molecule has 1 amide bonds. The Morgan fingerprint density at radius 2 is 2.00 bits per heavy atom. The van der Waals surface area contributed by atoms with Crippen molar-refractivity contribution in [3.63, 3.8) is 0 Å². The lowest BCUT2D eigenvalue weighted by atomic mass is 10.0. The highest BCUT2D eigenvalue weighted by Gasteiger charge is 2.14. The highest BCUT2D eigenvalue weighted by Crippen LogP contribution is 2.19. The number of rotatable bonds is 6. The first-order valence-electron chi connectivity index (χ1n) is 6.46. The first-order valence-corrected chi connectivity index (χ1v) is 6.46. The Bertz CT molecular complexity index is 493. The van der Waals surface area contributed by atoms with Crippen LogP contribution in [0.4, 0.5) is 5.82 Å². The molecule has 0 unspecified atom stereocenters. The van der Waals surface area contributed by atoms with Crippen molar-refractivity contribution in [2.75, 3.05) is 18.4 Å². The molecule has 1 heterocycles. The van der Waals surface area contributed by atoms with Gasteiger partial charge in [-0.15, -0.1) is 5.10 Å². The smallest absolute Gasteiger partial charge is 0.239 e. The molecule has 6 heteroatoms. The number of aryl methyl sites for hydroxylation is 1. The molecule has 0 atom stereocenters. The number of aromatic nitrogens is 2. The van der Waals surface area contributed by atoms with Gasteiger partial charge in [-0.25, -0.2) is 0 Å². The molecule has 6 nitrogen and oxygen atoms in total. The van der Waals surface area contributed by atoms with Crippen LogP contribution in [0.15, 0.2) is 0 Å². The maximum absolute atomic E-state index is 11.4. The number of hydrogen-bond acceptors (Lipinski definition) is 5. The second-order valence-electron chi connectivity index (χ2n) is 3.97. The van der Waals surface area contributed by atoms with Gasteiger partial charge in [0, 0.05) is 6.54 Å². The molecule has 0 aromatic carbocycles. The molecule has 0 saturated heterocycles. The maximum atomic E-state index is 11.4. The molecule has 1 aromatic heterocycles. The molecule has 0 fully saturated rings. The SMILES string of the molecule is CCNC(=O)CNc1nnc(CC)c(CC)c1C#N. The third kappa shape index (κ3) is 3.65. The largest absolute Gasteiger partial charge is 0.358 e. The Balaban J connectivity index is 2.96. The molecule has 2 N–H and O–H groups in total. The van der Waals surface area contributed by atoms with Crippen molar-refractivity contribution < 1.29 is 4.79 Å². The van der Waals surface area contributed by atoms with E-state index < -0.39 is 0 Å². The van der Waals surface area contributed by atoms with Crippen molar-refractivity contribution in [2.24, 2.45) is 0 Å². The molecule has 0 spiro atoms. The summed E-state index contributed by atoms with van der Waals surface area (Å²) in [6.45, 7) is 6.47. The first kappa shape index (κ1) is 14.9. The van der Waals surface area contributed by atoms with Gasteiger partial charge in [0.1, 0.15) is 11.6 Å². The lowest BCUT2D eigenvalue weighted by Crippen LogP contribution is -2.30. The second kappa shape index (κ2) is 7.31. The summed E-state index contributed by atoms with van der Waals surface area (Å²) in [4.78, 5) is 11.4. The fraction of sp³-hybridized carbons (Fsp3) is 0.538. The summed E-state index contributed by atoms with van der Waals surface area (Å²) in [6.07, 6.45) is 1.46. The Kier molecular flexibility index (Phi) is 5.73. The van der Waals surface area contributed by atoms with Crippen molar-refractivity contribution >= 4 is 11.7 Å². The first-order chi connectivity index (χ1) is 9.17. The van der Waals surface area contributed by atoms with Crippen LogP contribution in [0.3, 0.4) is 0 Å². The van der Waals surface area contributed by atoms with E-state index in [4.69, 9.17) is 0 Å². The van der Waals surface area contributed by atoms with Crippen LogP contribution < -0.4 is 10.6 Å². The van der Waals surface area contributed by atoms with Crippen LogP contribution in [0.25, 0.3) is 0 Å². The van der Waals surface area contributed by atoms with E-state index in [0.29, 0.717) is 17.9 Å². The molecule has 1 aromatic rings. The van der Waals surface area contributed by atoms with E-state index in [9.17, 15) is 10.1 Å². The highest BCUT2D eigenvalue weighted by molar-refractivity contribution is 5.80. The van der Waals surface area contributed by atoms with Gasteiger partial charge in [0.15, 0.2) is 5.82 Å². The number of amides is 1. The molecular weight excluding hydrogens is 242 g/mol. The number of nitrogens with zero attached hydrogens (tertiary/aromatic N) is 3. The van der Waals surface area contributed by atoms with Gasteiger partial charge in [0.2, 0.25) is 5.91 Å².